The highest BCUT2D eigenvalue weighted by atomic mass is 16.6. The van der Waals surface area contributed by atoms with Gasteiger partial charge in [0, 0.05) is 38.4 Å². The number of aromatic nitrogens is 1. The smallest absolute Gasteiger partial charge is 0.105 e. The highest BCUT2D eigenvalue weighted by molar-refractivity contribution is 5.04. The first-order valence-corrected chi connectivity index (χ1v) is 9.14. The number of hydrogen-bond acceptors (Lipinski definition) is 5. The molecule has 1 spiro atoms. The van der Waals surface area contributed by atoms with Crippen molar-refractivity contribution >= 4 is 0 Å². The van der Waals surface area contributed by atoms with E-state index in [1.54, 1.807) is 0 Å². The third-order valence-corrected chi connectivity index (χ3v) is 5.25. The molecule has 2 aliphatic heterocycles. The fourth-order valence-electron chi connectivity index (χ4n) is 3.62. The average Bonchev–Trinajstić information content (AvgIpc) is 2.83. The first-order valence-electron chi connectivity index (χ1n) is 9.14. The van der Waals surface area contributed by atoms with Crippen LogP contribution >= 0.6 is 0 Å². The van der Waals surface area contributed by atoms with Gasteiger partial charge in [-0.3, -0.25) is 9.88 Å². The van der Waals surface area contributed by atoms with Crippen molar-refractivity contribution in [2.24, 2.45) is 0 Å². The Labute approximate surface area is 145 Å². The molecule has 0 amide bonds. The lowest BCUT2D eigenvalue weighted by molar-refractivity contribution is -0.0925. The minimum atomic E-state index is -0.145. The van der Waals surface area contributed by atoms with Gasteiger partial charge in [0.15, 0.2) is 0 Å². The van der Waals surface area contributed by atoms with E-state index in [1.165, 1.54) is 0 Å². The molecule has 2 saturated heterocycles. The van der Waals surface area contributed by atoms with E-state index in [1.807, 2.05) is 12.3 Å². The molecule has 134 valence electrons. The van der Waals surface area contributed by atoms with Crippen molar-refractivity contribution in [1.82, 2.24) is 14.8 Å². The van der Waals surface area contributed by atoms with Gasteiger partial charge in [0.2, 0.25) is 0 Å². The van der Waals surface area contributed by atoms with Crippen LogP contribution in [-0.2, 0) is 16.0 Å². The molecule has 2 atom stereocenters. The summed E-state index contributed by atoms with van der Waals surface area (Å²) in [5, 5.41) is 0. The van der Waals surface area contributed by atoms with Gasteiger partial charge in [0.25, 0.3) is 0 Å². The van der Waals surface area contributed by atoms with Crippen molar-refractivity contribution < 1.29 is 9.47 Å². The van der Waals surface area contributed by atoms with Gasteiger partial charge >= 0.3 is 0 Å². The van der Waals surface area contributed by atoms with Gasteiger partial charge in [-0.1, -0.05) is 6.07 Å². The molecule has 24 heavy (non-hydrogen) atoms. The average molecular weight is 333 g/mol. The number of nitrogens with zero attached hydrogens (tertiary/aromatic N) is 3. The Morgan fingerprint density at radius 3 is 3.04 bits per heavy atom. The van der Waals surface area contributed by atoms with Gasteiger partial charge in [0.05, 0.1) is 25.0 Å². The van der Waals surface area contributed by atoms with E-state index in [9.17, 15) is 0 Å². The molecule has 5 nitrogen and oxygen atoms in total. The maximum absolute atomic E-state index is 6.53. The first kappa shape index (κ1) is 17.8. The van der Waals surface area contributed by atoms with E-state index in [-0.39, 0.29) is 5.60 Å². The minimum absolute atomic E-state index is 0.145. The third-order valence-electron chi connectivity index (χ3n) is 5.25. The van der Waals surface area contributed by atoms with Crippen LogP contribution in [0.2, 0.25) is 0 Å². The predicted octanol–water partition coefficient (Wildman–Crippen LogP) is 2.17. The van der Waals surface area contributed by atoms with E-state index < -0.39 is 0 Å². The molecular formula is C19H31N3O2. The van der Waals surface area contributed by atoms with Crippen molar-refractivity contribution in [3.05, 3.63) is 30.1 Å². The molecular weight excluding hydrogens is 302 g/mol. The molecule has 0 aromatic carbocycles. The Kier molecular flexibility index (Phi) is 5.87. The summed E-state index contributed by atoms with van der Waals surface area (Å²) < 4.78 is 12.4. The fraction of sp³-hybridized carbons (Fsp3) is 0.737. The molecule has 2 fully saturated rings. The lowest BCUT2D eigenvalue weighted by Crippen LogP contribution is -2.45. The molecule has 2 aliphatic rings. The summed E-state index contributed by atoms with van der Waals surface area (Å²) >= 11 is 0. The van der Waals surface area contributed by atoms with E-state index in [0.717, 1.165) is 51.3 Å². The zero-order chi connectivity index (χ0) is 17.0. The Hall–Kier alpha value is -1.01. The lowest BCUT2D eigenvalue weighted by Gasteiger charge is -2.33. The second kappa shape index (κ2) is 7.91. The van der Waals surface area contributed by atoms with Crippen molar-refractivity contribution in [3.8, 4) is 0 Å². The van der Waals surface area contributed by atoms with Gasteiger partial charge in [-0.25, -0.2) is 0 Å². The summed E-state index contributed by atoms with van der Waals surface area (Å²) in [6.07, 6.45) is 4.39. The number of hydrogen-bond donors (Lipinski definition) is 0. The lowest BCUT2D eigenvalue weighted by atomic mass is 10.00. The number of ether oxygens (including phenoxy) is 2. The molecule has 1 aromatic rings. The Balaban J connectivity index is 1.60. The van der Waals surface area contributed by atoms with Crippen molar-refractivity contribution in [3.63, 3.8) is 0 Å². The molecule has 1 aromatic heterocycles. The third kappa shape index (κ3) is 4.54. The SMILES string of the molecule is CC(C)N(C)C[C@H]1CC[C@]2(COCCN(Cc3ccccn3)C2)O1. The molecule has 3 heterocycles. The normalized spacial score (nSPS) is 28.8. The highest BCUT2D eigenvalue weighted by Gasteiger charge is 2.43. The van der Waals surface area contributed by atoms with E-state index in [0.29, 0.717) is 18.8 Å². The minimum Gasteiger partial charge on any atom is -0.377 e. The van der Waals surface area contributed by atoms with Crippen LogP contribution in [0.5, 0.6) is 0 Å². The summed E-state index contributed by atoms with van der Waals surface area (Å²) in [6, 6.07) is 6.66. The zero-order valence-electron chi connectivity index (χ0n) is 15.3. The fourth-order valence-corrected chi connectivity index (χ4v) is 3.62. The van der Waals surface area contributed by atoms with Crippen molar-refractivity contribution in [1.29, 1.82) is 0 Å². The molecule has 0 N–H and O–H groups in total. The molecule has 5 heteroatoms. The molecule has 0 aliphatic carbocycles. The van der Waals surface area contributed by atoms with E-state index in [2.05, 4.69) is 47.8 Å². The summed E-state index contributed by atoms with van der Waals surface area (Å²) in [7, 11) is 2.18. The predicted molar refractivity (Wildman–Crippen MR) is 94.9 cm³/mol. The quantitative estimate of drug-likeness (QED) is 0.826. The van der Waals surface area contributed by atoms with Crippen LogP contribution in [0.3, 0.4) is 0 Å². The molecule has 0 unspecified atom stereocenters. The summed E-state index contributed by atoms with van der Waals surface area (Å²) in [4.78, 5) is 9.26. The van der Waals surface area contributed by atoms with Gasteiger partial charge in [0.1, 0.15) is 5.60 Å². The van der Waals surface area contributed by atoms with Gasteiger partial charge in [-0.15, -0.1) is 0 Å². The molecule has 0 saturated carbocycles. The largest absolute Gasteiger partial charge is 0.377 e. The summed E-state index contributed by atoms with van der Waals surface area (Å²) in [5.41, 5.74) is 0.969. The van der Waals surface area contributed by atoms with Crippen LogP contribution in [0.15, 0.2) is 24.4 Å². The Morgan fingerprint density at radius 1 is 1.42 bits per heavy atom. The maximum atomic E-state index is 6.53. The Morgan fingerprint density at radius 2 is 2.29 bits per heavy atom. The maximum Gasteiger partial charge on any atom is 0.105 e. The Bertz CT molecular complexity index is 511. The molecule has 0 bridgehead atoms. The van der Waals surface area contributed by atoms with Crippen LogP contribution in [0.4, 0.5) is 0 Å². The summed E-state index contributed by atoms with van der Waals surface area (Å²) in [6.45, 7) is 9.69. The van der Waals surface area contributed by atoms with Crippen molar-refractivity contribution in [2.45, 2.75) is 51.0 Å². The van der Waals surface area contributed by atoms with Crippen LogP contribution in [-0.4, -0.2) is 72.4 Å². The van der Waals surface area contributed by atoms with Gasteiger partial charge in [-0.2, -0.15) is 0 Å². The standard InChI is InChI=1S/C19H31N3O2/c1-16(2)21(3)13-18-7-8-19(24-18)14-22(10-11-23-15-19)12-17-6-4-5-9-20-17/h4-6,9,16,18H,7-8,10-15H2,1-3H3/t18-,19+/m1/s1. The number of likely N-dealkylation sites (N-methyl/N-ethyl adjacent to an activating group) is 1. The highest BCUT2D eigenvalue weighted by Crippen LogP contribution is 2.33. The number of rotatable bonds is 5. The second-order valence-electron chi connectivity index (χ2n) is 7.58. The van der Waals surface area contributed by atoms with Crippen LogP contribution in [0.1, 0.15) is 32.4 Å². The second-order valence-corrected chi connectivity index (χ2v) is 7.58. The summed E-state index contributed by atoms with van der Waals surface area (Å²) in [5.74, 6) is 0. The van der Waals surface area contributed by atoms with Crippen LogP contribution in [0.25, 0.3) is 0 Å². The van der Waals surface area contributed by atoms with Gasteiger partial charge < -0.3 is 14.4 Å². The topological polar surface area (TPSA) is 37.8 Å². The molecule has 0 radical (unpaired) electrons. The van der Waals surface area contributed by atoms with E-state index in [4.69, 9.17) is 9.47 Å². The molecule has 3 rings (SSSR count). The van der Waals surface area contributed by atoms with E-state index >= 15 is 0 Å². The first-order chi connectivity index (χ1) is 11.6. The van der Waals surface area contributed by atoms with Crippen molar-refractivity contribution in [2.75, 3.05) is 39.9 Å². The van der Waals surface area contributed by atoms with Crippen LogP contribution < -0.4 is 0 Å². The van der Waals surface area contributed by atoms with Crippen LogP contribution in [0, 0.1) is 0 Å². The number of pyridine rings is 1. The monoisotopic (exact) mass is 333 g/mol. The van der Waals surface area contributed by atoms with Gasteiger partial charge in [-0.05, 0) is 45.9 Å². The zero-order valence-corrected chi connectivity index (χ0v) is 15.3.